The van der Waals surface area contributed by atoms with Gasteiger partial charge in [0.15, 0.2) is 11.6 Å². The van der Waals surface area contributed by atoms with Crippen molar-refractivity contribution in [3.8, 4) is 0 Å². The highest BCUT2D eigenvalue weighted by atomic mass is 19.4. The highest BCUT2D eigenvalue weighted by Crippen LogP contribution is 2.30. The average Bonchev–Trinajstić information content (AvgIpc) is 3.21. The summed E-state index contributed by atoms with van der Waals surface area (Å²) in [5, 5.41) is 2.72. The molecule has 0 atom stereocenters. The minimum absolute atomic E-state index is 0.121. The number of carbonyl (C=O) groups excluding carboxylic acids is 1. The van der Waals surface area contributed by atoms with Gasteiger partial charge < -0.3 is 10.2 Å². The Hall–Kier alpha value is -3.16. The van der Waals surface area contributed by atoms with Crippen molar-refractivity contribution in [2.45, 2.75) is 19.0 Å². The van der Waals surface area contributed by atoms with Crippen molar-refractivity contribution in [2.24, 2.45) is 0 Å². The number of alkyl halides is 3. The molecular formula is C20H17F3N4O. The second-order valence-corrected chi connectivity index (χ2v) is 6.61. The molecule has 0 saturated carbocycles. The Morgan fingerprint density at radius 2 is 1.54 bits per heavy atom. The van der Waals surface area contributed by atoms with Crippen LogP contribution in [-0.2, 0) is 6.18 Å². The molecule has 0 aliphatic carbocycles. The molecule has 2 aromatic carbocycles. The van der Waals surface area contributed by atoms with Gasteiger partial charge in [0.1, 0.15) is 0 Å². The Kier molecular flexibility index (Phi) is 4.62. The normalized spacial score (nSPS) is 14.5. The summed E-state index contributed by atoms with van der Waals surface area (Å²) in [4.78, 5) is 23.8. The predicted molar refractivity (Wildman–Crippen MR) is 100 cm³/mol. The number of hydrogen-bond donors (Lipinski definition) is 1. The Labute approximate surface area is 159 Å². The summed E-state index contributed by atoms with van der Waals surface area (Å²) in [5.74, 6) is 0.362. The average molecular weight is 386 g/mol. The summed E-state index contributed by atoms with van der Waals surface area (Å²) in [5.41, 5.74) is 0.674. The van der Waals surface area contributed by atoms with E-state index < -0.39 is 17.6 Å². The van der Waals surface area contributed by atoms with Gasteiger partial charge in [0.05, 0.1) is 16.6 Å². The first-order valence-electron chi connectivity index (χ1n) is 8.92. The van der Waals surface area contributed by atoms with Gasteiger partial charge in [-0.05, 0) is 49.2 Å². The highest BCUT2D eigenvalue weighted by molar-refractivity contribution is 6.05. The first kappa shape index (κ1) is 18.2. The molecule has 1 aromatic heterocycles. The molecule has 1 N–H and O–H groups in total. The summed E-state index contributed by atoms with van der Waals surface area (Å²) >= 11 is 0. The number of rotatable bonds is 3. The topological polar surface area (TPSA) is 58.1 Å². The standard InChI is InChI=1S/C20H17F3N4O/c21-20(22,23)14-9-7-13(8-10-14)19(28)26-17-18(27-11-3-4-12-27)25-16-6-2-1-5-15(16)24-17/h1-2,5-10H,3-4,11-12H2,(H,24,26,28). The predicted octanol–water partition coefficient (Wildman–Crippen LogP) is 4.50. The Morgan fingerprint density at radius 1 is 0.929 bits per heavy atom. The van der Waals surface area contributed by atoms with Crippen molar-refractivity contribution < 1.29 is 18.0 Å². The van der Waals surface area contributed by atoms with Crippen molar-refractivity contribution in [2.75, 3.05) is 23.3 Å². The summed E-state index contributed by atoms with van der Waals surface area (Å²) in [6.07, 6.45) is -2.39. The van der Waals surface area contributed by atoms with E-state index in [2.05, 4.69) is 20.2 Å². The number of nitrogens with zero attached hydrogens (tertiary/aromatic N) is 3. The van der Waals surface area contributed by atoms with E-state index in [0.29, 0.717) is 17.2 Å². The van der Waals surface area contributed by atoms with Gasteiger partial charge in [-0.25, -0.2) is 9.97 Å². The van der Waals surface area contributed by atoms with Crippen LogP contribution in [0.15, 0.2) is 48.5 Å². The molecule has 0 unspecified atom stereocenters. The molecule has 144 valence electrons. The molecule has 8 heteroatoms. The third-order valence-corrected chi connectivity index (χ3v) is 4.66. The minimum atomic E-state index is -4.44. The van der Waals surface area contributed by atoms with Crippen molar-refractivity contribution in [3.63, 3.8) is 0 Å². The zero-order valence-corrected chi connectivity index (χ0v) is 14.8. The Balaban J connectivity index is 1.66. The summed E-state index contributed by atoms with van der Waals surface area (Å²) < 4.78 is 38.2. The van der Waals surface area contributed by atoms with Crippen molar-refractivity contribution in [1.29, 1.82) is 0 Å². The van der Waals surface area contributed by atoms with E-state index in [4.69, 9.17) is 0 Å². The van der Waals surface area contributed by atoms with Crippen LogP contribution in [0.2, 0.25) is 0 Å². The molecule has 1 aliphatic heterocycles. The maximum absolute atomic E-state index is 12.7. The fourth-order valence-corrected chi connectivity index (χ4v) is 3.21. The number of hydrogen-bond acceptors (Lipinski definition) is 4. The van der Waals surface area contributed by atoms with Crippen LogP contribution in [0.4, 0.5) is 24.8 Å². The van der Waals surface area contributed by atoms with E-state index in [0.717, 1.165) is 55.7 Å². The zero-order chi connectivity index (χ0) is 19.7. The molecule has 28 heavy (non-hydrogen) atoms. The van der Waals surface area contributed by atoms with Gasteiger partial charge in [-0.3, -0.25) is 4.79 Å². The largest absolute Gasteiger partial charge is 0.416 e. The zero-order valence-electron chi connectivity index (χ0n) is 14.8. The first-order chi connectivity index (χ1) is 13.4. The van der Waals surface area contributed by atoms with Gasteiger partial charge in [0.25, 0.3) is 5.91 Å². The third kappa shape index (κ3) is 3.62. The molecule has 0 bridgehead atoms. The molecule has 4 rings (SSSR count). The lowest BCUT2D eigenvalue weighted by Gasteiger charge is -2.20. The number of para-hydroxylation sites is 2. The van der Waals surface area contributed by atoms with Crippen LogP contribution >= 0.6 is 0 Å². The fourth-order valence-electron chi connectivity index (χ4n) is 3.21. The van der Waals surface area contributed by atoms with Crippen LogP contribution < -0.4 is 10.2 Å². The van der Waals surface area contributed by atoms with E-state index >= 15 is 0 Å². The van der Waals surface area contributed by atoms with E-state index in [9.17, 15) is 18.0 Å². The Bertz CT molecular complexity index is 1010. The summed E-state index contributed by atoms with van der Waals surface area (Å²) in [6, 6.07) is 11.4. The van der Waals surface area contributed by atoms with Crippen molar-refractivity contribution in [1.82, 2.24) is 9.97 Å². The number of aromatic nitrogens is 2. The van der Waals surface area contributed by atoms with Crippen LogP contribution in [0, 0.1) is 0 Å². The second kappa shape index (κ2) is 7.10. The Morgan fingerprint density at radius 3 is 2.14 bits per heavy atom. The lowest BCUT2D eigenvalue weighted by molar-refractivity contribution is -0.137. The molecule has 1 saturated heterocycles. The molecule has 1 aliphatic rings. The van der Waals surface area contributed by atoms with E-state index in [1.807, 2.05) is 18.2 Å². The maximum Gasteiger partial charge on any atom is 0.416 e. The number of amides is 1. The maximum atomic E-state index is 12.7. The van der Waals surface area contributed by atoms with Gasteiger partial charge in [-0.1, -0.05) is 12.1 Å². The molecule has 3 aromatic rings. The smallest absolute Gasteiger partial charge is 0.354 e. The fraction of sp³-hybridized carbons (Fsp3) is 0.250. The molecular weight excluding hydrogens is 369 g/mol. The monoisotopic (exact) mass is 386 g/mol. The number of carbonyl (C=O) groups is 1. The SMILES string of the molecule is O=C(Nc1nc2ccccc2nc1N1CCCC1)c1ccc(C(F)(F)F)cc1. The van der Waals surface area contributed by atoms with Gasteiger partial charge in [0.2, 0.25) is 0 Å². The summed E-state index contributed by atoms with van der Waals surface area (Å²) in [6.45, 7) is 1.63. The lowest BCUT2D eigenvalue weighted by atomic mass is 10.1. The third-order valence-electron chi connectivity index (χ3n) is 4.66. The molecule has 0 radical (unpaired) electrons. The van der Waals surface area contributed by atoms with Gasteiger partial charge in [-0.2, -0.15) is 13.2 Å². The van der Waals surface area contributed by atoms with Crippen LogP contribution in [0.25, 0.3) is 11.0 Å². The molecule has 2 heterocycles. The second-order valence-electron chi connectivity index (χ2n) is 6.61. The number of fused-ring (bicyclic) bond motifs is 1. The minimum Gasteiger partial charge on any atom is -0.354 e. The molecule has 1 fully saturated rings. The first-order valence-corrected chi connectivity index (χ1v) is 8.92. The van der Waals surface area contributed by atoms with Crippen LogP contribution in [0.1, 0.15) is 28.8 Å². The van der Waals surface area contributed by atoms with Crippen LogP contribution in [0.3, 0.4) is 0 Å². The molecule has 1 amide bonds. The van der Waals surface area contributed by atoms with Gasteiger partial charge in [-0.15, -0.1) is 0 Å². The van der Waals surface area contributed by atoms with Gasteiger partial charge >= 0.3 is 6.18 Å². The quantitative estimate of drug-likeness (QED) is 0.720. The van der Waals surface area contributed by atoms with Crippen molar-refractivity contribution in [3.05, 3.63) is 59.7 Å². The number of halogens is 3. The van der Waals surface area contributed by atoms with E-state index in [1.54, 1.807) is 6.07 Å². The van der Waals surface area contributed by atoms with Crippen molar-refractivity contribution >= 4 is 28.6 Å². The summed E-state index contributed by atoms with van der Waals surface area (Å²) in [7, 11) is 0. The van der Waals surface area contributed by atoms with Crippen LogP contribution in [0.5, 0.6) is 0 Å². The number of benzene rings is 2. The van der Waals surface area contributed by atoms with E-state index in [-0.39, 0.29) is 5.56 Å². The highest BCUT2D eigenvalue weighted by Gasteiger charge is 2.30. The molecule has 0 spiro atoms. The number of anilines is 2. The van der Waals surface area contributed by atoms with Crippen LogP contribution in [-0.4, -0.2) is 29.0 Å². The van der Waals surface area contributed by atoms with E-state index in [1.165, 1.54) is 0 Å². The lowest BCUT2D eigenvalue weighted by Crippen LogP contribution is -2.23. The molecule has 5 nitrogen and oxygen atoms in total. The number of nitrogens with one attached hydrogen (secondary N) is 1. The van der Waals surface area contributed by atoms with Gasteiger partial charge in [0, 0.05) is 18.7 Å².